The topological polar surface area (TPSA) is 122 Å². The number of para-hydroxylation sites is 1. The Balaban J connectivity index is 1.50. The van der Waals surface area contributed by atoms with E-state index in [1.807, 2.05) is 37.3 Å². The Bertz CT molecular complexity index is 1300. The van der Waals surface area contributed by atoms with Crippen LogP contribution in [0.1, 0.15) is 121 Å². The minimum absolute atomic E-state index is 0.0399. The predicted molar refractivity (Wildman–Crippen MR) is 182 cm³/mol. The number of unbranched alkanes of at least 4 members (excludes halogenated alkanes) is 4. The fourth-order valence-corrected chi connectivity index (χ4v) is 7.55. The molecule has 3 N–H and O–H groups in total. The van der Waals surface area contributed by atoms with Gasteiger partial charge in [0.2, 0.25) is 5.91 Å². The molecule has 1 heterocycles. The third-order valence-corrected chi connectivity index (χ3v) is 10.3. The fraction of sp³-hybridized carbons (Fsp3) is 0.667. The van der Waals surface area contributed by atoms with Crippen LogP contribution in [0.5, 0.6) is 5.75 Å². The minimum Gasteiger partial charge on any atom is -0.489 e. The van der Waals surface area contributed by atoms with Gasteiger partial charge in [0, 0.05) is 43.2 Å². The van der Waals surface area contributed by atoms with Crippen molar-refractivity contribution >= 4 is 17.8 Å². The average molecular weight is 650 g/mol. The zero-order valence-corrected chi connectivity index (χ0v) is 28.5. The van der Waals surface area contributed by atoms with E-state index in [2.05, 4.69) is 24.1 Å². The monoisotopic (exact) mass is 649 g/mol. The Kier molecular flexibility index (Phi) is 14.2. The standard InChI is InChI=1S/C39H55NO7/c1-4-6-8-9-12-24-40-38(44)28-18-10-11-19-29(28)39(45)47-33-25-34-36(30(33)22-23-32(41)26(3)15-7-5-2)31-20-13-16-27(37(31)46-34)17-14-21-35(42)43/h13,16,20,22-23,26,28-30,32-34,36,41H,4,6,8-12,14-15,17-19,21,24-25H2,1-3H3,(H,40,44)(H,42,43)/b23-22+/t26-,28?,29?,30-,32+,33+,34-,36-/m0/s1. The van der Waals surface area contributed by atoms with Crippen LogP contribution in [0.3, 0.4) is 0 Å². The summed E-state index contributed by atoms with van der Waals surface area (Å²) in [5.41, 5.74) is 2.02. The molecule has 8 heteroatoms. The highest BCUT2D eigenvalue weighted by atomic mass is 16.6. The van der Waals surface area contributed by atoms with Crippen molar-refractivity contribution < 1.29 is 34.1 Å². The van der Waals surface area contributed by atoms with Crippen LogP contribution in [0.15, 0.2) is 30.4 Å². The summed E-state index contributed by atoms with van der Waals surface area (Å²) < 4.78 is 12.9. The van der Waals surface area contributed by atoms with Gasteiger partial charge in [-0.25, -0.2) is 0 Å². The first-order chi connectivity index (χ1) is 22.7. The van der Waals surface area contributed by atoms with Crippen LogP contribution < -0.4 is 10.1 Å². The molecule has 2 aliphatic carbocycles. The highest BCUT2D eigenvalue weighted by molar-refractivity contribution is 5.85. The van der Waals surface area contributed by atoms with Crippen molar-refractivity contribution in [2.24, 2.45) is 23.7 Å². The summed E-state index contributed by atoms with van der Waals surface area (Å²) in [5, 5.41) is 23.2. The molecule has 2 fully saturated rings. The molecule has 2 unspecified atom stereocenters. The van der Waals surface area contributed by atoms with Gasteiger partial charge in [0.05, 0.1) is 17.9 Å². The molecule has 2 saturated carbocycles. The molecule has 0 spiro atoms. The molecule has 1 aromatic rings. The van der Waals surface area contributed by atoms with E-state index in [-0.39, 0.29) is 48.1 Å². The van der Waals surface area contributed by atoms with Gasteiger partial charge in [-0.05, 0) is 50.5 Å². The molecule has 0 radical (unpaired) electrons. The van der Waals surface area contributed by atoms with Gasteiger partial charge < -0.3 is 25.0 Å². The average Bonchev–Trinajstić information content (AvgIpc) is 3.59. The molecule has 8 nitrogen and oxygen atoms in total. The summed E-state index contributed by atoms with van der Waals surface area (Å²) in [5.74, 6) is 4.36. The number of hydrogen-bond acceptors (Lipinski definition) is 6. The first-order valence-electron chi connectivity index (χ1n) is 18.0. The predicted octanol–water partition coefficient (Wildman–Crippen LogP) is 6.73. The number of esters is 1. The number of carboxylic acids is 1. The summed E-state index contributed by atoms with van der Waals surface area (Å²) >= 11 is 0. The summed E-state index contributed by atoms with van der Waals surface area (Å²) in [4.78, 5) is 38.2. The van der Waals surface area contributed by atoms with Gasteiger partial charge in [0.25, 0.3) is 0 Å². The van der Waals surface area contributed by atoms with E-state index in [1.165, 1.54) is 19.3 Å². The van der Waals surface area contributed by atoms with Crippen LogP contribution in [0.2, 0.25) is 0 Å². The number of carboxylic acid groups (broad SMARTS) is 1. The molecule has 1 aliphatic heterocycles. The SMILES string of the molecule is CC#CC[C@H](C)[C@H](O)/C=C/[C@@H]1[C@H]2c3cccc(CCCC(=O)O)c3O[C@H]2C[C@H]1OC(=O)C1CCCCC1C(=O)NCCCCCCC. The molecular formula is C39H55NO7. The van der Waals surface area contributed by atoms with E-state index < -0.39 is 24.1 Å². The number of aliphatic hydroxyl groups excluding tert-OH is 1. The minimum atomic E-state index is -0.817. The second-order valence-corrected chi connectivity index (χ2v) is 13.7. The van der Waals surface area contributed by atoms with Crippen LogP contribution in [0, 0.1) is 35.5 Å². The number of aliphatic carboxylic acids is 1. The zero-order chi connectivity index (χ0) is 33.8. The van der Waals surface area contributed by atoms with Crippen LogP contribution in [-0.2, 0) is 25.5 Å². The molecule has 1 amide bonds. The van der Waals surface area contributed by atoms with Crippen LogP contribution in [0.4, 0.5) is 0 Å². The van der Waals surface area contributed by atoms with E-state index >= 15 is 0 Å². The molecule has 8 atom stereocenters. The summed E-state index contributed by atoms with van der Waals surface area (Å²) in [6, 6.07) is 6.02. The fourth-order valence-electron chi connectivity index (χ4n) is 7.55. The number of amides is 1. The number of carbonyl (C=O) groups is 3. The van der Waals surface area contributed by atoms with Crippen molar-refractivity contribution in [2.75, 3.05) is 6.54 Å². The summed E-state index contributed by atoms with van der Waals surface area (Å²) in [6.45, 7) is 6.57. The second kappa shape index (κ2) is 18.3. The third kappa shape index (κ3) is 9.85. The number of benzene rings is 1. The molecule has 1 aromatic carbocycles. The van der Waals surface area contributed by atoms with E-state index in [0.29, 0.717) is 45.1 Å². The molecule has 4 rings (SSSR count). The van der Waals surface area contributed by atoms with Gasteiger partial charge in [-0.3, -0.25) is 14.4 Å². The van der Waals surface area contributed by atoms with Crippen molar-refractivity contribution in [3.8, 4) is 17.6 Å². The maximum atomic E-state index is 13.8. The number of rotatable bonds is 17. The molecule has 258 valence electrons. The second-order valence-electron chi connectivity index (χ2n) is 13.7. The first-order valence-corrected chi connectivity index (χ1v) is 18.0. The number of ether oxygens (including phenoxy) is 2. The van der Waals surface area contributed by atoms with Crippen molar-refractivity contribution in [2.45, 2.75) is 135 Å². The van der Waals surface area contributed by atoms with Crippen molar-refractivity contribution in [3.05, 3.63) is 41.5 Å². The molecule has 3 aliphatic rings. The molecular weight excluding hydrogens is 594 g/mol. The van der Waals surface area contributed by atoms with E-state index in [1.54, 1.807) is 6.92 Å². The lowest BCUT2D eigenvalue weighted by Crippen LogP contribution is -2.41. The van der Waals surface area contributed by atoms with Crippen LogP contribution in [-0.4, -0.2) is 52.9 Å². The first kappa shape index (κ1) is 36.5. The van der Waals surface area contributed by atoms with Gasteiger partial charge >= 0.3 is 11.9 Å². The van der Waals surface area contributed by atoms with Crippen molar-refractivity contribution in [3.63, 3.8) is 0 Å². The van der Waals surface area contributed by atoms with E-state index in [0.717, 1.165) is 42.6 Å². The highest BCUT2D eigenvalue weighted by Gasteiger charge is 2.52. The van der Waals surface area contributed by atoms with Gasteiger partial charge in [0.1, 0.15) is 18.0 Å². The largest absolute Gasteiger partial charge is 0.489 e. The number of carbonyl (C=O) groups excluding carboxylic acids is 2. The maximum Gasteiger partial charge on any atom is 0.310 e. The van der Waals surface area contributed by atoms with Crippen LogP contribution >= 0.6 is 0 Å². The van der Waals surface area contributed by atoms with Gasteiger partial charge in [-0.1, -0.05) is 82.7 Å². The normalized spacial score (nSPS) is 26.0. The number of fused-ring (bicyclic) bond motifs is 3. The van der Waals surface area contributed by atoms with Gasteiger partial charge in [-0.2, -0.15) is 0 Å². The quantitative estimate of drug-likeness (QED) is 0.0741. The number of nitrogens with one attached hydrogen (secondary N) is 1. The zero-order valence-electron chi connectivity index (χ0n) is 28.5. The Morgan fingerprint density at radius 2 is 1.87 bits per heavy atom. The molecule has 47 heavy (non-hydrogen) atoms. The van der Waals surface area contributed by atoms with Crippen molar-refractivity contribution in [1.82, 2.24) is 5.32 Å². The lowest BCUT2D eigenvalue weighted by Gasteiger charge is -2.31. The Morgan fingerprint density at radius 3 is 2.62 bits per heavy atom. The summed E-state index contributed by atoms with van der Waals surface area (Å²) in [6.07, 6.45) is 13.5. The number of hydrogen-bond donors (Lipinski definition) is 3. The number of aryl methyl sites for hydroxylation is 1. The Hall–Kier alpha value is -3.31. The van der Waals surface area contributed by atoms with E-state index in [9.17, 15) is 19.5 Å². The Morgan fingerprint density at radius 1 is 1.11 bits per heavy atom. The molecule has 0 saturated heterocycles. The third-order valence-electron chi connectivity index (χ3n) is 10.3. The van der Waals surface area contributed by atoms with Gasteiger partial charge in [-0.15, -0.1) is 11.8 Å². The molecule has 0 bridgehead atoms. The van der Waals surface area contributed by atoms with Crippen LogP contribution in [0.25, 0.3) is 0 Å². The Labute approximate surface area is 281 Å². The smallest absolute Gasteiger partial charge is 0.310 e. The van der Waals surface area contributed by atoms with Gasteiger partial charge in [0.15, 0.2) is 0 Å². The van der Waals surface area contributed by atoms with E-state index in [4.69, 9.17) is 14.6 Å². The number of aliphatic hydroxyl groups is 1. The van der Waals surface area contributed by atoms with Crippen molar-refractivity contribution in [1.29, 1.82) is 0 Å². The summed E-state index contributed by atoms with van der Waals surface area (Å²) in [7, 11) is 0. The lowest BCUT2D eigenvalue weighted by atomic mass is 9.78. The molecule has 0 aromatic heterocycles. The maximum absolute atomic E-state index is 13.8. The lowest BCUT2D eigenvalue weighted by molar-refractivity contribution is -0.161. The highest BCUT2D eigenvalue weighted by Crippen LogP contribution is 2.53.